The molecule has 0 heterocycles. The van der Waals surface area contributed by atoms with Crippen molar-refractivity contribution in [1.29, 1.82) is 0 Å². The molecule has 0 N–H and O–H groups in total. The number of unbranched alkanes of at least 4 members (excludes halogenated alkanes) is 32. The summed E-state index contributed by atoms with van der Waals surface area (Å²) < 4.78 is 16.9. The zero-order chi connectivity index (χ0) is 59.9. The Labute approximate surface area is 513 Å². The van der Waals surface area contributed by atoms with E-state index in [0.717, 1.165) is 109 Å². The molecule has 0 bridgehead atoms. The lowest BCUT2D eigenvalue weighted by Crippen LogP contribution is -2.30. The SMILES string of the molecule is CC/C=C\C/C=C\C/C=C\C/C=C\C/C=C\C/C=C\CCCCC(=O)OC(COC(=O)CCCC/C=C\C/C=C\C/C=C\C/C=C\CC)COC(=O)CCCCCCCCCCCCCCCCCCCCCCCCCCCCCCC. The first-order valence-corrected chi connectivity index (χ1v) is 35.0. The van der Waals surface area contributed by atoms with Gasteiger partial charge in [0.25, 0.3) is 0 Å². The maximum Gasteiger partial charge on any atom is 0.306 e. The van der Waals surface area contributed by atoms with E-state index < -0.39 is 6.10 Å². The molecule has 0 radical (unpaired) electrons. The summed E-state index contributed by atoms with van der Waals surface area (Å²) in [6.07, 6.45) is 98.2. The highest BCUT2D eigenvalue weighted by Gasteiger charge is 2.19. The van der Waals surface area contributed by atoms with Gasteiger partial charge >= 0.3 is 17.9 Å². The van der Waals surface area contributed by atoms with Crippen molar-refractivity contribution in [2.45, 2.75) is 335 Å². The number of rotatable bonds is 63. The fraction of sp³-hybridized carbons (Fsp3) is 0.701. The number of hydrogen-bond acceptors (Lipinski definition) is 6. The first-order valence-electron chi connectivity index (χ1n) is 35.0. The fourth-order valence-corrected chi connectivity index (χ4v) is 9.79. The molecule has 0 spiro atoms. The van der Waals surface area contributed by atoms with Gasteiger partial charge in [-0.3, -0.25) is 14.4 Å². The summed E-state index contributed by atoms with van der Waals surface area (Å²) >= 11 is 0. The van der Waals surface area contributed by atoms with E-state index in [4.69, 9.17) is 14.2 Å². The van der Waals surface area contributed by atoms with E-state index >= 15 is 0 Å². The number of carbonyl (C=O) groups excluding carboxylic acids is 3. The molecule has 0 aliphatic rings. The molecule has 0 fully saturated rings. The van der Waals surface area contributed by atoms with Crippen LogP contribution in [0.3, 0.4) is 0 Å². The highest BCUT2D eigenvalue weighted by atomic mass is 16.6. The maximum atomic E-state index is 12.9. The van der Waals surface area contributed by atoms with E-state index in [1.807, 2.05) is 0 Å². The zero-order valence-corrected chi connectivity index (χ0v) is 54.4. The Morgan fingerprint density at radius 2 is 0.470 bits per heavy atom. The second kappa shape index (κ2) is 70.3. The van der Waals surface area contributed by atoms with Crippen molar-refractivity contribution in [2.75, 3.05) is 13.2 Å². The first-order chi connectivity index (χ1) is 41.0. The van der Waals surface area contributed by atoms with Gasteiger partial charge in [0.05, 0.1) is 0 Å². The Balaban J connectivity index is 4.35. The summed E-state index contributed by atoms with van der Waals surface area (Å²) in [6, 6.07) is 0. The van der Waals surface area contributed by atoms with Gasteiger partial charge in [-0.15, -0.1) is 0 Å². The van der Waals surface area contributed by atoms with Crippen LogP contribution >= 0.6 is 0 Å². The second-order valence-corrected chi connectivity index (χ2v) is 23.0. The quantitative estimate of drug-likeness (QED) is 0.0261. The van der Waals surface area contributed by atoms with E-state index in [1.165, 1.54) is 167 Å². The molecule has 0 aliphatic heterocycles. The van der Waals surface area contributed by atoms with Gasteiger partial charge in [-0.2, -0.15) is 0 Å². The van der Waals surface area contributed by atoms with E-state index in [1.54, 1.807) is 0 Å². The molecular formula is C77H130O6. The van der Waals surface area contributed by atoms with Gasteiger partial charge in [0, 0.05) is 19.3 Å². The second-order valence-electron chi connectivity index (χ2n) is 23.0. The topological polar surface area (TPSA) is 78.9 Å². The molecule has 474 valence electrons. The molecule has 0 aromatic rings. The van der Waals surface area contributed by atoms with Gasteiger partial charge in [-0.05, 0) is 109 Å². The van der Waals surface area contributed by atoms with Crippen LogP contribution in [-0.4, -0.2) is 37.2 Å². The first kappa shape index (κ1) is 78.8. The van der Waals surface area contributed by atoms with Gasteiger partial charge in [0.15, 0.2) is 6.10 Å². The lowest BCUT2D eigenvalue weighted by molar-refractivity contribution is -0.167. The number of hydrogen-bond donors (Lipinski definition) is 0. The van der Waals surface area contributed by atoms with E-state index in [2.05, 4.69) is 142 Å². The minimum Gasteiger partial charge on any atom is -0.462 e. The molecule has 6 nitrogen and oxygen atoms in total. The Morgan fingerprint density at radius 3 is 0.735 bits per heavy atom. The number of allylic oxidation sites excluding steroid dienone is 20. The van der Waals surface area contributed by atoms with Crippen molar-refractivity contribution in [3.05, 3.63) is 122 Å². The summed E-state index contributed by atoms with van der Waals surface area (Å²) in [6.45, 7) is 6.37. The summed E-state index contributed by atoms with van der Waals surface area (Å²) in [5, 5.41) is 0. The fourth-order valence-electron chi connectivity index (χ4n) is 9.79. The largest absolute Gasteiger partial charge is 0.462 e. The zero-order valence-electron chi connectivity index (χ0n) is 54.4. The van der Waals surface area contributed by atoms with Crippen LogP contribution in [0.1, 0.15) is 329 Å². The molecule has 0 rings (SSSR count). The van der Waals surface area contributed by atoms with E-state index in [9.17, 15) is 14.4 Å². The minimum atomic E-state index is -0.823. The van der Waals surface area contributed by atoms with Gasteiger partial charge < -0.3 is 14.2 Å². The Morgan fingerprint density at radius 1 is 0.253 bits per heavy atom. The summed E-state index contributed by atoms with van der Waals surface area (Å²) in [5.74, 6) is -0.988. The molecule has 1 unspecified atom stereocenters. The maximum absolute atomic E-state index is 12.9. The van der Waals surface area contributed by atoms with Crippen molar-refractivity contribution in [2.24, 2.45) is 0 Å². The third-order valence-corrected chi connectivity index (χ3v) is 15.0. The van der Waals surface area contributed by atoms with Crippen LogP contribution in [0.2, 0.25) is 0 Å². The van der Waals surface area contributed by atoms with Gasteiger partial charge in [-0.25, -0.2) is 0 Å². The third kappa shape index (κ3) is 68.5. The standard InChI is InChI=1S/C77H130O6/c1-4-7-10-13-16-19-22-25-28-30-32-34-35-36-37-38-39-40-41-43-44-46-49-52-55-58-61-64-67-70-76(79)82-73-74(72-81-75(78)69-66-63-60-57-54-51-48-27-24-21-18-15-12-9-6-3)83-77(80)71-68-65-62-59-56-53-50-47-45-42-33-31-29-26-23-20-17-14-11-8-5-2/h8-9,11-12,17-18,20-21,26-27,29,33,42,47-48,50,54,56-57,59,74H,4-7,10,13-16,19,22-25,28,30-32,34-41,43-46,49,51-53,55,58,60-73H2,1-3H3/b11-8-,12-9-,20-17-,21-18-,29-26-,42-33-,48-27-,50-47-,57-54-,59-56-. The van der Waals surface area contributed by atoms with Crippen molar-refractivity contribution >= 4 is 17.9 Å². The minimum absolute atomic E-state index is 0.109. The van der Waals surface area contributed by atoms with Crippen LogP contribution in [0.5, 0.6) is 0 Å². The lowest BCUT2D eigenvalue weighted by Gasteiger charge is -2.18. The highest BCUT2D eigenvalue weighted by molar-refractivity contribution is 5.71. The molecular weight excluding hydrogens is 1020 g/mol. The van der Waals surface area contributed by atoms with Crippen LogP contribution in [0, 0.1) is 0 Å². The molecule has 0 aromatic carbocycles. The summed E-state index contributed by atoms with van der Waals surface area (Å²) in [7, 11) is 0. The Kier molecular flexibility index (Phi) is 66.7. The number of ether oxygens (including phenoxy) is 3. The average Bonchev–Trinajstić information content (AvgIpc) is 3.49. The lowest BCUT2D eigenvalue weighted by atomic mass is 10.0. The molecule has 0 aliphatic carbocycles. The summed E-state index contributed by atoms with van der Waals surface area (Å²) in [5.41, 5.74) is 0. The molecule has 83 heavy (non-hydrogen) atoms. The van der Waals surface area contributed by atoms with Crippen molar-refractivity contribution in [3.8, 4) is 0 Å². The Hall–Kier alpha value is -4.19. The van der Waals surface area contributed by atoms with Gasteiger partial charge in [-0.1, -0.05) is 322 Å². The average molecular weight is 1150 g/mol. The normalized spacial score (nSPS) is 12.9. The molecule has 0 aromatic heterocycles. The third-order valence-electron chi connectivity index (χ3n) is 15.0. The molecule has 0 saturated carbocycles. The summed E-state index contributed by atoms with van der Waals surface area (Å²) in [4.78, 5) is 38.4. The molecule has 6 heteroatoms. The van der Waals surface area contributed by atoms with E-state index in [0.29, 0.717) is 25.7 Å². The van der Waals surface area contributed by atoms with Crippen molar-refractivity contribution in [1.82, 2.24) is 0 Å². The van der Waals surface area contributed by atoms with Crippen LogP contribution in [0.15, 0.2) is 122 Å². The highest BCUT2D eigenvalue weighted by Crippen LogP contribution is 2.18. The molecule has 0 saturated heterocycles. The van der Waals surface area contributed by atoms with Crippen LogP contribution in [-0.2, 0) is 28.6 Å². The smallest absolute Gasteiger partial charge is 0.306 e. The Bertz CT molecular complexity index is 1700. The number of esters is 3. The van der Waals surface area contributed by atoms with Gasteiger partial charge in [0.1, 0.15) is 13.2 Å². The van der Waals surface area contributed by atoms with Crippen LogP contribution in [0.25, 0.3) is 0 Å². The monoisotopic (exact) mass is 1150 g/mol. The predicted octanol–water partition coefficient (Wildman–Crippen LogP) is 24.3. The van der Waals surface area contributed by atoms with Crippen molar-refractivity contribution in [3.63, 3.8) is 0 Å². The van der Waals surface area contributed by atoms with Crippen molar-refractivity contribution < 1.29 is 28.6 Å². The van der Waals surface area contributed by atoms with Crippen LogP contribution in [0.4, 0.5) is 0 Å². The van der Waals surface area contributed by atoms with Gasteiger partial charge in [0.2, 0.25) is 0 Å². The molecule has 1 atom stereocenters. The van der Waals surface area contributed by atoms with Crippen LogP contribution < -0.4 is 0 Å². The predicted molar refractivity (Wildman–Crippen MR) is 362 cm³/mol. The number of carbonyl (C=O) groups is 3. The molecule has 0 amide bonds. The van der Waals surface area contributed by atoms with E-state index in [-0.39, 0.29) is 37.5 Å².